The molecule has 0 aliphatic rings. The van der Waals surface area contributed by atoms with Gasteiger partial charge in [-0.25, -0.2) is 9.18 Å². The van der Waals surface area contributed by atoms with Gasteiger partial charge in [-0.05, 0) is 37.3 Å². The van der Waals surface area contributed by atoms with Crippen molar-refractivity contribution >= 4 is 40.8 Å². The maximum Gasteiger partial charge on any atom is 0.343 e. The minimum atomic E-state index is -1.14. The van der Waals surface area contributed by atoms with Crippen molar-refractivity contribution in [3.05, 3.63) is 63.9 Å². The Kier molecular flexibility index (Phi) is 5.58. The van der Waals surface area contributed by atoms with Gasteiger partial charge in [0.1, 0.15) is 11.4 Å². The zero-order valence-corrected chi connectivity index (χ0v) is 13.5. The summed E-state index contributed by atoms with van der Waals surface area (Å²) >= 11 is 11.6. The predicted octanol–water partition coefficient (Wildman–Crippen LogP) is 4.32. The number of benzene rings is 2. The van der Waals surface area contributed by atoms with Crippen LogP contribution in [0.25, 0.3) is 0 Å². The molecule has 0 aliphatic heterocycles. The van der Waals surface area contributed by atoms with E-state index in [-0.39, 0.29) is 5.02 Å². The predicted molar refractivity (Wildman–Crippen MR) is 86.4 cm³/mol. The zero-order chi connectivity index (χ0) is 17.0. The molecule has 0 aliphatic carbocycles. The number of nitrogens with one attached hydrogen (secondary N) is 1. The fourth-order valence-electron chi connectivity index (χ4n) is 1.78. The Morgan fingerprint density at radius 2 is 1.87 bits per heavy atom. The summed E-state index contributed by atoms with van der Waals surface area (Å²) < 4.78 is 18.6. The van der Waals surface area contributed by atoms with Crippen molar-refractivity contribution in [3.8, 4) is 0 Å². The van der Waals surface area contributed by atoms with Crippen molar-refractivity contribution in [3.63, 3.8) is 0 Å². The third kappa shape index (κ3) is 4.43. The molecule has 2 aromatic rings. The molecule has 0 radical (unpaired) electrons. The standard InChI is InChI=1S/C16H12Cl2FNO3/c1-9(15(21)20-11-5-2-4-10(17)8-11)23-16(22)14-12(18)6-3-7-13(14)19/h2-9H,1H3,(H,20,21)/t9-/m0/s1. The van der Waals surface area contributed by atoms with Crippen LogP contribution in [0.3, 0.4) is 0 Å². The second-order valence-corrected chi connectivity index (χ2v) is 5.49. The summed E-state index contributed by atoms with van der Waals surface area (Å²) in [5, 5.41) is 2.91. The number of carbonyl (C=O) groups is 2. The molecule has 0 fully saturated rings. The molecular weight excluding hydrogens is 344 g/mol. The first-order valence-electron chi connectivity index (χ1n) is 6.60. The van der Waals surface area contributed by atoms with Crippen molar-refractivity contribution < 1.29 is 18.7 Å². The number of esters is 1. The van der Waals surface area contributed by atoms with Crippen LogP contribution in [0.2, 0.25) is 10.0 Å². The highest BCUT2D eigenvalue weighted by atomic mass is 35.5. The van der Waals surface area contributed by atoms with Crippen molar-refractivity contribution in [1.29, 1.82) is 0 Å². The molecule has 120 valence electrons. The molecule has 0 bridgehead atoms. The number of rotatable bonds is 4. The number of amides is 1. The van der Waals surface area contributed by atoms with Gasteiger partial charge >= 0.3 is 5.97 Å². The van der Waals surface area contributed by atoms with Crippen LogP contribution in [-0.2, 0) is 9.53 Å². The Hall–Kier alpha value is -2.11. The van der Waals surface area contributed by atoms with E-state index >= 15 is 0 Å². The molecule has 0 saturated heterocycles. The first-order valence-corrected chi connectivity index (χ1v) is 7.35. The summed E-state index contributed by atoms with van der Waals surface area (Å²) in [7, 11) is 0. The summed E-state index contributed by atoms with van der Waals surface area (Å²) in [6.07, 6.45) is -1.14. The summed E-state index contributed by atoms with van der Waals surface area (Å²) in [5.41, 5.74) is 0.0471. The molecule has 2 aromatic carbocycles. The quantitative estimate of drug-likeness (QED) is 0.831. The summed E-state index contributed by atoms with van der Waals surface area (Å²) in [4.78, 5) is 24.0. The Labute approximate surface area is 142 Å². The van der Waals surface area contributed by atoms with E-state index in [1.165, 1.54) is 19.1 Å². The average molecular weight is 356 g/mol. The van der Waals surface area contributed by atoms with E-state index in [0.717, 1.165) is 6.07 Å². The van der Waals surface area contributed by atoms with Gasteiger partial charge in [0.2, 0.25) is 0 Å². The van der Waals surface area contributed by atoms with Gasteiger partial charge in [-0.2, -0.15) is 0 Å². The molecule has 1 amide bonds. The van der Waals surface area contributed by atoms with Gasteiger partial charge in [0.25, 0.3) is 5.91 Å². The van der Waals surface area contributed by atoms with Crippen LogP contribution >= 0.6 is 23.2 Å². The highest BCUT2D eigenvalue weighted by molar-refractivity contribution is 6.33. The number of hydrogen-bond donors (Lipinski definition) is 1. The Bertz CT molecular complexity index is 732. The molecule has 0 unspecified atom stereocenters. The third-order valence-electron chi connectivity index (χ3n) is 2.91. The van der Waals surface area contributed by atoms with Crippen LogP contribution in [0, 0.1) is 5.82 Å². The van der Waals surface area contributed by atoms with Gasteiger partial charge in [-0.1, -0.05) is 35.3 Å². The normalized spacial score (nSPS) is 11.7. The zero-order valence-electron chi connectivity index (χ0n) is 12.0. The highest BCUT2D eigenvalue weighted by Gasteiger charge is 2.23. The molecule has 0 spiro atoms. The molecule has 2 rings (SSSR count). The maximum atomic E-state index is 13.6. The topological polar surface area (TPSA) is 55.4 Å². The van der Waals surface area contributed by atoms with Crippen molar-refractivity contribution in [2.45, 2.75) is 13.0 Å². The average Bonchev–Trinajstić information content (AvgIpc) is 2.46. The van der Waals surface area contributed by atoms with Gasteiger partial charge in [0.15, 0.2) is 6.10 Å². The van der Waals surface area contributed by atoms with Crippen molar-refractivity contribution in [2.24, 2.45) is 0 Å². The largest absolute Gasteiger partial charge is 0.449 e. The smallest absolute Gasteiger partial charge is 0.343 e. The lowest BCUT2D eigenvalue weighted by atomic mass is 10.2. The lowest BCUT2D eigenvalue weighted by Crippen LogP contribution is -2.30. The van der Waals surface area contributed by atoms with E-state index in [2.05, 4.69) is 5.32 Å². The lowest BCUT2D eigenvalue weighted by Gasteiger charge is -2.14. The lowest BCUT2D eigenvalue weighted by molar-refractivity contribution is -0.123. The van der Waals surface area contributed by atoms with Gasteiger partial charge < -0.3 is 10.1 Å². The van der Waals surface area contributed by atoms with Gasteiger partial charge in [-0.15, -0.1) is 0 Å². The Morgan fingerprint density at radius 3 is 2.52 bits per heavy atom. The molecule has 0 heterocycles. The molecule has 0 saturated carbocycles. The van der Waals surface area contributed by atoms with Crippen LogP contribution in [0.1, 0.15) is 17.3 Å². The van der Waals surface area contributed by atoms with Crippen molar-refractivity contribution in [2.75, 3.05) is 5.32 Å². The van der Waals surface area contributed by atoms with E-state index in [4.69, 9.17) is 27.9 Å². The Balaban J connectivity index is 2.05. The molecule has 4 nitrogen and oxygen atoms in total. The number of hydrogen-bond acceptors (Lipinski definition) is 3. The molecule has 0 aromatic heterocycles. The van der Waals surface area contributed by atoms with E-state index in [1.54, 1.807) is 24.3 Å². The maximum absolute atomic E-state index is 13.6. The Morgan fingerprint density at radius 1 is 1.17 bits per heavy atom. The van der Waals surface area contributed by atoms with Gasteiger partial charge in [-0.3, -0.25) is 4.79 Å². The third-order valence-corrected chi connectivity index (χ3v) is 3.46. The molecular formula is C16H12Cl2FNO3. The summed E-state index contributed by atoms with van der Waals surface area (Å²) in [5.74, 6) is -2.40. The van der Waals surface area contributed by atoms with E-state index < -0.39 is 29.4 Å². The van der Waals surface area contributed by atoms with Crippen LogP contribution in [0.5, 0.6) is 0 Å². The van der Waals surface area contributed by atoms with E-state index in [1.807, 2.05) is 0 Å². The van der Waals surface area contributed by atoms with Crippen LogP contribution in [0.4, 0.5) is 10.1 Å². The number of halogens is 3. The second kappa shape index (κ2) is 7.44. The SMILES string of the molecule is C[C@H](OC(=O)c1c(F)cccc1Cl)C(=O)Nc1cccc(Cl)c1. The van der Waals surface area contributed by atoms with Gasteiger partial charge in [0.05, 0.1) is 5.02 Å². The summed E-state index contributed by atoms with van der Waals surface area (Å²) in [6.45, 7) is 1.37. The molecule has 1 N–H and O–H groups in total. The fourth-order valence-corrected chi connectivity index (χ4v) is 2.21. The number of carbonyl (C=O) groups excluding carboxylic acids is 2. The van der Waals surface area contributed by atoms with E-state index in [9.17, 15) is 14.0 Å². The number of ether oxygens (including phenoxy) is 1. The molecule has 7 heteroatoms. The van der Waals surface area contributed by atoms with Crippen LogP contribution in [0.15, 0.2) is 42.5 Å². The highest BCUT2D eigenvalue weighted by Crippen LogP contribution is 2.21. The summed E-state index contributed by atoms with van der Waals surface area (Å²) in [6, 6.07) is 10.3. The molecule has 1 atom stereocenters. The van der Waals surface area contributed by atoms with Crippen LogP contribution in [-0.4, -0.2) is 18.0 Å². The fraction of sp³-hybridized carbons (Fsp3) is 0.125. The monoisotopic (exact) mass is 355 g/mol. The van der Waals surface area contributed by atoms with Crippen LogP contribution < -0.4 is 5.32 Å². The van der Waals surface area contributed by atoms with Gasteiger partial charge in [0, 0.05) is 10.7 Å². The second-order valence-electron chi connectivity index (χ2n) is 4.64. The molecule has 23 heavy (non-hydrogen) atoms. The minimum Gasteiger partial charge on any atom is -0.449 e. The first kappa shape index (κ1) is 17.2. The van der Waals surface area contributed by atoms with E-state index in [0.29, 0.717) is 10.7 Å². The first-order chi connectivity index (χ1) is 10.9. The van der Waals surface area contributed by atoms with Crippen molar-refractivity contribution in [1.82, 2.24) is 0 Å². The minimum absolute atomic E-state index is 0.0857. The number of anilines is 1.